The molecule has 4 heteroatoms. The van der Waals surface area contributed by atoms with Gasteiger partial charge in [0, 0.05) is 6.54 Å². The van der Waals surface area contributed by atoms with Gasteiger partial charge in [0.25, 0.3) is 0 Å². The van der Waals surface area contributed by atoms with E-state index in [1.807, 2.05) is 0 Å². The predicted octanol–water partition coefficient (Wildman–Crippen LogP) is 3.46. The van der Waals surface area contributed by atoms with Crippen LogP contribution in [0.15, 0.2) is 12.1 Å². The number of nitrogens with zero attached hydrogens (tertiary/aromatic N) is 1. The first-order chi connectivity index (χ1) is 6.66. The van der Waals surface area contributed by atoms with Crippen molar-refractivity contribution in [1.82, 2.24) is 4.98 Å². The number of rotatable bonds is 3. The molecule has 1 aliphatic rings. The van der Waals surface area contributed by atoms with E-state index >= 15 is 0 Å². The molecular formula is C10H12Cl2N2. The first-order valence-corrected chi connectivity index (χ1v) is 5.48. The molecule has 2 unspecified atom stereocenters. The molecular weight excluding hydrogens is 219 g/mol. The molecule has 0 radical (unpaired) electrons. The van der Waals surface area contributed by atoms with Crippen molar-refractivity contribution < 1.29 is 0 Å². The van der Waals surface area contributed by atoms with E-state index in [2.05, 4.69) is 17.2 Å². The average Bonchev–Trinajstić information content (AvgIpc) is 2.84. The second-order valence-electron chi connectivity index (χ2n) is 3.82. The lowest BCUT2D eigenvalue weighted by molar-refractivity contribution is 0.784. The molecule has 14 heavy (non-hydrogen) atoms. The Balaban J connectivity index is 1.97. The number of hydrogen-bond acceptors (Lipinski definition) is 2. The van der Waals surface area contributed by atoms with Crippen LogP contribution in [0, 0.1) is 11.8 Å². The molecule has 76 valence electrons. The van der Waals surface area contributed by atoms with Crippen molar-refractivity contribution in [2.24, 2.45) is 11.8 Å². The topological polar surface area (TPSA) is 24.9 Å². The summed E-state index contributed by atoms with van der Waals surface area (Å²) in [5, 5.41) is 4.32. The van der Waals surface area contributed by atoms with E-state index in [1.54, 1.807) is 12.1 Å². The van der Waals surface area contributed by atoms with Crippen LogP contribution in [0.25, 0.3) is 0 Å². The smallest absolute Gasteiger partial charge is 0.146 e. The summed E-state index contributed by atoms with van der Waals surface area (Å²) < 4.78 is 0. The van der Waals surface area contributed by atoms with Gasteiger partial charge in [-0.1, -0.05) is 30.1 Å². The number of halogens is 2. The fourth-order valence-electron chi connectivity index (χ4n) is 1.45. The number of anilines is 1. The number of hydrogen-bond donors (Lipinski definition) is 1. The van der Waals surface area contributed by atoms with Crippen LogP contribution in [0.3, 0.4) is 0 Å². The summed E-state index contributed by atoms with van der Waals surface area (Å²) in [6.07, 6.45) is 1.30. The summed E-state index contributed by atoms with van der Waals surface area (Å²) in [7, 11) is 0. The predicted molar refractivity (Wildman–Crippen MR) is 60.0 cm³/mol. The van der Waals surface area contributed by atoms with E-state index in [0.717, 1.165) is 18.4 Å². The van der Waals surface area contributed by atoms with Crippen LogP contribution in [0.1, 0.15) is 13.3 Å². The summed E-state index contributed by atoms with van der Waals surface area (Å²) in [5.41, 5.74) is 0. The van der Waals surface area contributed by atoms with Crippen LogP contribution >= 0.6 is 23.2 Å². The lowest BCUT2D eigenvalue weighted by atomic mass is 10.3. The largest absolute Gasteiger partial charge is 0.368 e. The summed E-state index contributed by atoms with van der Waals surface area (Å²) in [5.74, 6) is 2.30. The molecule has 0 amide bonds. The Labute approximate surface area is 93.6 Å². The van der Waals surface area contributed by atoms with Gasteiger partial charge in [-0.2, -0.15) is 0 Å². The van der Waals surface area contributed by atoms with Crippen molar-refractivity contribution in [2.45, 2.75) is 13.3 Å². The zero-order chi connectivity index (χ0) is 10.1. The van der Waals surface area contributed by atoms with Gasteiger partial charge in [-0.05, 0) is 30.4 Å². The summed E-state index contributed by atoms with van der Waals surface area (Å²) in [4.78, 5) is 4.12. The Hall–Kier alpha value is -0.470. The van der Waals surface area contributed by atoms with Crippen LogP contribution in [-0.4, -0.2) is 11.5 Å². The Bertz CT molecular complexity index is 341. The van der Waals surface area contributed by atoms with Gasteiger partial charge in [-0.25, -0.2) is 4.98 Å². The maximum Gasteiger partial charge on any atom is 0.146 e. The third-order valence-electron chi connectivity index (χ3n) is 2.62. The molecule has 0 aromatic carbocycles. The van der Waals surface area contributed by atoms with Crippen LogP contribution in [0.5, 0.6) is 0 Å². The number of aromatic nitrogens is 1. The van der Waals surface area contributed by atoms with Gasteiger partial charge in [-0.3, -0.25) is 0 Å². The van der Waals surface area contributed by atoms with Crippen molar-refractivity contribution >= 4 is 29.0 Å². The van der Waals surface area contributed by atoms with Crippen molar-refractivity contribution in [3.05, 3.63) is 22.3 Å². The zero-order valence-electron chi connectivity index (χ0n) is 7.93. The van der Waals surface area contributed by atoms with E-state index in [4.69, 9.17) is 23.2 Å². The third kappa shape index (κ3) is 2.31. The SMILES string of the molecule is CC1CC1CNc1nc(Cl)ccc1Cl. The zero-order valence-corrected chi connectivity index (χ0v) is 9.44. The fourth-order valence-corrected chi connectivity index (χ4v) is 1.77. The van der Waals surface area contributed by atoms with Gasteiger partial charge in [0.2, 0.25) is 0 Å². The van der Waals surface area contributed by atoms with Gasteiger partial charge in [0.05, 0.1) is 5.02 Å². The molecule has 1 fully saturated rings. The van der Waals surface area contributed by atoms with Crippen LogP contribution < -0.4 is 5.32 Å². The maximum absolute atomic E-state index is 5.95. The van der Waals surface area contributed by atoms with Crippen molar-refractivity contribution in [3.63, 3.8) is 0 Å². The van der Waals surface area contributed by atoms with E-state index in [1.165, 1.54) is 6.42 Å². The fraction of sp³-hybridized carbons (Fsp3) is 0.500. The highest BCUT2D eigenvalue weighted by molar-refractivity contribution is 6.34. The van der Waals surface area contributed by atoms with Crippen molar-refractivity contribution in [2.75, 3.05) is 11.9 Å². The molecule has 2 rings (SSSR count). The Morgan fingerprint density at radius 2 is 2.21 bits per heavy atom. The van der Waals surface area contributed by atoms with Gasteiger partial charge in [0.15, 0.2) is 0 Å². The van der Waals surface area contributed by atoms with Crippen LogP contribution in [0.2, 0.25) is 10.2 Å². The van der Waals surface area contributed by atoms with Gasteiger partial charge < -0.3 is 5.32 Å². The van der Waals surface area contributed by atoms with Crippen LogP contribution in [-0.2, 0) is 0 Å². The normalized spacial score (nSPS) is 24.8. The lowest BCUT2D eigenvalue weighted by Gasteiger charge is -2.06. The molecule has 2 atom stereocenters. The second-order valence-corrected chi connectivity index (χ2v) is 4.61. The second kappa shape index (κ2) is 3.95. The quantitative estimate of drug-likeness (QED) is 0.806. The van der Waals surface area contributed by atoms with E-state index < -0.39 is 0 Å². The first kappa shape index (κ1) is 10.1. The van der Waals surface area contributed by atoms with Crippen molar-refractivity contribution in [3.8, 4) is 0 Å². The number of nitrogens with one attached hydrogen (secondary N) is 1. The Morgan fingerprint density at radius 1 is 1.50 bits per heavy atom. The van der Waals surface area contributed by atoms with Gasteiger partial charge in [0.1, 0.15) is 11.0 Å². The highest BCUT2D eigenvalue weighted by atomic mass is 35.5. The summed E-state index contributed by atoms with van der Waals surface area (Å²) in [6, 6.07) is 3.45. The van der Waals surface area contributed by atoms with E-state index in [-0.39, 0.29) is 0 Å². The minimum atomic E-state index is 0.473. The average molecular weight is 231 g/mol. The molecule has 1 aromatic rings. The minimum absolute atomic E-state index is 0.473. The monoisotopic (exact) mass is 230 g/mol. The van der Waals surface area contributed by atoms with Gasteiger partial charge >= 0.3 is 0 Å². The van der Waals surface area contributed by atoms with E-state index in [0.29, 0.717) is 16.0 Å². The Kier molecular flexibility index (Phi) is 2.84. The molecule has 1 N–H and O–H groups in total. The molecule has 0 saturated heterocycles. The van der Waals surface area contributed by atoms with Crippen molar-refractivity contribution in [1.29, 1.82) is 0 Å². The highest BCUT2D eigenvalue weighted by Gasteiger charge is 2.32. The number of pyridine rings is 1. The molecule has 0 aliphatic heterocycles. The molecule has 1 aliphatic carbocycles. The molecule has 0 bridgehead atoms. The minimum Gasteiger partial charge on any atom is -0.368 e. The first-order valence-electron chi connectivity index (χ1n) is 4.72. The standard InChI is InChI=1S/C10H12Cl2N2/c1-6-4-7(6)5-13-10-8(11)2-3-9(12)14-10/h2-3,6-7H,4-5H2,1H3,(H,13,14). The lowest BCUT2D eigenvalue weighted by Crippen LogP contribution is -2.06. The Morgan fingerprint density at radius 3 is 2.86 bits per heavy atom. The maximum atomic E-state index is 5.95. The van der Waals surface area contributed by atoms with Crippen LogP contribution in [0.4, 0.5) is 5.82 Å². The molecule has 1 heterocycles. The van der Waals surface area contributed by atoms with Gasteiger partial charge in [-0.15, -0.1) is 0 Å². The molecule has 0 spiro atoms. The van der Waals surface area contributed by atoms with E-state index in [9.17, 15) is 0 Å². The third-order valence-corrected chi connectivity index (χ3v) is 3.14. The molecule has 1 saturated carbocycles. The highest BCUT2D eigenvalue weighted by Crippen LogP contribution is 2.37. The molecule has 1 aromatic heterocycles. The summed E-state index contributed by atoms with van der Waals surface area (Å²) >= 11 is 11.7. The molecule has 2 nitrogen and oxygen atoms in total. The summed E-state index contributed by atoms with van der Waals surface area (Å²) in [6.45, 7) is 3.19.